The topological polar surface area (TPSA) is 52.6 Å². The van der Waals surface area contributed by atoms with Gasteiger partial charge in [0.05, 0.1) is 0 Å². The van der Waals surface area contributed by atoms with E-state index in [-0.39, 0.29) is 12.4 Å². The van der Waals surface area contributed by atoms with Crippen molar-refractivity contribution in [2.24, 2.45) is 0 Å². The Morgan fingerprint density at radius 2 is 1.71 bits per heavy atom. The number of ketones is 1. The van der Waals surface area contributed by atoms with Crippen LogP contribution in [0, 0.1) is 0 Å². The first-order chi connectivity index (χ1) is 7.88. The van der Waals surface area contributed by atoms with Crippen LogP contribution in [0.15, 0.2) is 30.3 Å². The predicted octanol–water partition coefficient (Wildman–Crippen LogP) is 2.82. The van der Waals surface area contributed by atoms with Crippen molar-refractivity contribution < 1.29 is 19.1 Å². The minimum atomic E-state index is -0.832. The Morgan fingerprint density at radius 3 is 2.24 bits per heavy atom. The van der Waals surface area contributed by atoms with E-state index in [0.717, 1.165) is 0 Å². The molecule has 0 aromatic heterocycles. The summed E-state index contributed by atoms with van der Waals surface area (Å²) in [6.45, 7) is 4.88. The molecule has 0 heterocycles. The van der Waals surface area contributed by atoms with Crippen molar-refractivity contribution in [2.75, 3.05) is 6.61 Å². The molecule has 0 saturated carbocycles. The molecule has 0 fully saturated rings. The summed E-state index contributed by atoms with van der Waals surface area (Å²) in [5, 5.41) is 0. The number of hydrogen-bond donors (Lipinski definition) is 0. The van der Waals surface area contributed by atoms with Crippen molar-refractivity contribution in [3.8, 4) is 0 Å². The summed E-state index contributed by atoms with van der Waals surface area (Å²) in [6, 6.07) is 8.65. The van der Waals surface area contributed by atoms with Crippen LogP contribution in [-0.2, 0) is 9.47 Å². The summed E-state index contributed by atoms with van der Waals surface area (Å²) in [6.07, 6.45) is -0.832. The largest absolute Gasteiger partial charge is 0.509 e. The van der Waals surface area contributed by atoms with Gasteiger partial charge in [0.15, 0.2) is 12.4 Å². The van der Waals surface area contributed by atoms with Crippen LogP contribution in [0.4, 0.5) is 4.79 Å². The molecule has 1 aromatic carbocycles. The van der Waals surface area contributed by atoms with Gasteiger partial charge in [0, 0.05) is 5.56 Å². The van der Waals surface area contributed by atoms with Gasteiger partial charge < -0.3 is 9.47 Å². The van der Waals surface area contributed by atoms with E-state index in [0.29, 0.717) is 5.56 Å². The molecular weight excluding hydrogens is 220 g/mol. The van der Waals surface area contributed by atoms with Gasteiger partial charge in [-0.05, 0) is 20.8 Å². The number of benzene rings is 1. The van der Waals surface area contributed by atoms with Crippen LogP contribution >= 0.6 is 0 Å². The molecule has 4 heteroatoms. The fraction of sp³-hybridized carbons (Fsp3) is 0.385. The van der Waals surface area contributed by atoms with Gasteiger partial charge in [-0.2, -0.15) is 0 Å². The average Bonchev–Trinajstić information content (AvgIpc) is 2.25. The first kappa shape index (κ1) is 13.2. The van der Waals surface area contributed by atoms with Crippen molar-refractivity contribution in [3.05, 3.63) is 35.9 Å². The van der Waals surface area contributed by atoms with E-state index >= 15 is 0 Å². The van der Waals surface area contributed by atoms with Crippen LogP contribution in [0.25, 0.3) is 0 Å². The molecule has 0 saturated heterocycles. The smallest absolute Gasteiger partial charge is 0.429 e. The third kappa shape index (κ3) is 5.15. The normalized spacial score (nSPS) is 10.8. The molecule has 0 amide bonds. The van der Waals surface area contributed by atoms with E-state index in [1.165, 1.54) is 0 Å². The molecular formula is C13H16O4. The zero-order valence-electron chi connectivity index (χ0n) is 10.2. The number of rotatable bonds is 3. The van der Waals surface area contributed by atoms with Crippen LogP contribution in [0.3, 0.4) is 0 Å². The van der Waals surface area contributed by atoms with Crippen LogP contribution in [0.5, 0.6) is 0 Å². The third-order valence-electron chi connectivity index (χ3n) is 1.81. The summed E-state index contributed by atoms with van der Waals surface area (Å²) in [7, 11) is 0. The van der Waals surface area contributed by atoms with Gasteiger partial charge in [-0.15, -0.1) is 0 Å². The van der Waals surface area contributed by atoms with Crippen LogP contribution in [0.2, 0.25) is 0 Å². The minimum Gasteiger partial charge on any atom is -0.429 e. The Bertz CT molecular complexity index is 390. The number of carbonyl (C=O) groups excluding carboxylic acids is 2. The maximum atomic E-state index is 11.6. The van der Waals surface area contributed by atoms with E-state index in [1.807, 2.05) is 6.07 Å². The van der Waals surface area contributed by atoms with Gasteiger partial charge in [0.1, 0.15) is 5.60 Å². The lowest BCUT2D eigenvalue weighted by Gasteiger charge is -2.18. The molecule has 1 rings (SSSR count). The maximum absolute atomic E-state index is 11.6. The summed E-state index contributed by atoms with van der Waals surface area (Å²) in [4.78, 5) is 22.8. The van der Waals surface area contributed by atoms with Crippen LogP contribution in [0.1, 0.15) is 31.1 Å². The lowest BCUT2D eigenvalue weighted by molar-refractivity contribution is -0.00545. The van der Waals surface area contributed by atoms with Crippen molar-refractivity contribution >= 4 is 11.9 Å². The fourth-order valence-corrected chi connectivity index (χ4v) is 1.11. The van der Waals surface area contributed by atoms with E-state index in [2.05, 4.69) is 0 Å². The second-order valence-electron chi connectivity index (χ2n) is 4.54. The molecule has 0 N–H and O–H groups in total. The van der Waals surface area contributed by atoms with E-state index in [1.54, 1.807) is 45.0 Å². The highest BCUT2D eigenvalue weighted by atomic mass is 16.7. The molecule has 17 heavy (non-hydrogen) atoms. The standard InChI is InChI=1S/C13H16O4/c1-13(2,3)17-12(15)16-9-11(14)10-7-5-4-6-8-10/h4-8H,9H2,1-3H3. The van der Waals surface area contributed by atoms with Crippen molar-refractivity contribution in [1.29, 1.82) is 0 Å². The molecule has 0 aliphatic heterocycles. The van der Waals surface area contributed by atoms with Crippen molar-refractivity contribution in [1.82, 2.24) is 0 Å². The second kappa shape index (κ2) is 5.48. The zero-order chi connectivity index (χ0) is 12.9. The minimum absolute atomic E-state index is 0.253. The molecule has 4 nitrogen and oxygen atoms in total. The molecule has 0 atom stereocenters. The Balaban J connectivity index is 2.42. The molecule has 0 spiro atoms. The first-order valence-corrected chi connectivity index (χ1v) is 5.32. The number of Topliss-reactive ketones (excluding diaryl/α,β-unsaturated/α-hetero) is 1. The van der Waals surface area contributed by atoms with Gasteiger partial charge in [0.25, 0.3) is 0 Å². The van der Waals surface area contributed by atoms with Crippen LogP contribution in [-0.4, -0.2) is 24.1 Å². The van der Waals surface area contributed by atoms with Gasteiger partial charge in [0.2, 0.25) is 0 Å². The lowest BCUT2D eigenvalue weighted by atomic mass is 10.1. The number of ether oxygens (including phenoxy) is 2. The molecule has 0 aliphatic carbocycles. The monoisotopic (exact) mass is 236 g/mol. The summed E-state index contributed by atoms with van der Waals surface area (Å²) >= 11 is 0. The number of hydrogen-bond acceptors (Lipinski definition) is 4. The van der Waals surface area contributed by atoms with Gasteiger partial charge in [-0.3, -0.25) is 4.79 Å². The maximum Gasteiger partial charge on any atom is 0.509 e. The molecule has 0 bridgehead atoms. The average molecular weight is 236 g/mol. The Labute approximate surface area is 101 Å². The highest BCUT2D eigenvalue weighted by Gasteiger charge is 2.18. The first-order valence-electron chi connectivity index (χ1n) is 5.32. The van der Waals surface area contributed by atoms with E-state index in [4.69, 9.17) is 9.47 Å². The summed E-state index contributed by atoms with van der Waals surface area (Å²) in [5.74, 6) is -0.253. The predicted molar refractivity (Wildman–Crippen MR) is 63.0 cm³/mol. The van der Waals surface area contributed by atoms with Crippen LogP contribution < -0.4 is 0 Å². The molecule has 92 valence electrons. The second-order valence-corrected chi connectivity index (χ2v) is 4.54. The highest BCUT2D eigenvalue weighted by molar-refractivity contribution is 5.97. The summed E-state index contributed by atoms with van der Waals surface area (Å²) < 4.78 is 9.63. The van der Waals surface area contributed by atoms with Crippen molar-refractivity contribution in [3.63, 3.8) is 0 Å². The highest BCUT2D eigenvalue weighted by Crippen LogP contribution is 2.08. The van der Waals surface area contributed by atoms with Gasteiger partial charge in [-0.25, -0.2) is 4.79 Å². The third-order valence-corrected chi connectivity index (χ3v) is 1.81. The SMILES string of the molecule is CC(C)(C)OC(=O)OCC(=O)c1ccccc1. The Kier molecular flexibility index (Phi) is 4.26. The molecule has 0 unspecified atom stereocenters. The fourth-order valence-electron chi connectivity index (χ4n) is 1.11. The van der Waals surface area contributed by atoms with E-state index in [9.17, 15) is 9.59 Å². The number of carbonyl (C=O) groups is 2. The zero-order valence-corrected chi connectivity index (χ0v) is 10.2. The molecule has 1 aromatic rings. The van der Waals surface area contributed by atoms with Gasteiger partial charge >= 0.3 is 6.16 Å². The lowest BCUT2D eigenvalue weighted by Crippen LogP contribution is -2.26. The Hall–Kier alpha value is -1.84. The van der Waals surface area contributed by atoms with Crippen molar-refractivity contribution in [2.45, 2.75) is 26.4 Å². The quantitative estimate of drug-likeness (QED) is 0.598. The van der Waals surface area contributed by atoms with Gasteiger partial charge in [-0.1, -0.05) is 30.3 Å². The van der Waals surface area contributed by atoms with E-state index < -0.39 is 11.8 Å². The molecule has 0 aliphatic rings. The molecule has 0 radical (unpaired) electrons. The summed E-state index contributed by atoms with van der Waals surface area (Å²) in [5.41, 5.74) is -0.108. The Morgan fingerprint density at radius 1 is 1.12 bits per heavy atom.